The summed E-state index contributed by atoms with van der Waals surface area (Å²) in [5.41, 5.74) is 0.510. The normalized spacial score (nSPS) is 10.9. The summed E-state index contributed by atoms with van der Waals surface area (Å²) in [5.74, 6) is 0.749. The molecule has 0 aliphatic carbocycles. The molecule has 0 fully saturated rings. The molecule has 8 heteroatoms. The van der Waals surface area contributed by atoms with Gasteiger partial charge in [0.1, 0.15) is 23.4 Å². The minimum atomic E-state index is -0.100. The van der Waals surface area contributed by atoms with Gasteiger partial charge in [-0.25, -0.2) is 4.98 Å². The zero-order valence-corrected chi connectivity index (χ0v) is 15.9. The van der Waals surface area contributed by atoms with Crippen molar-refractivity contribution in [3.05, 3.63) is 62.0 Å². The highest BCUT2D eigenvalue weighted by Crippen LogP contribution is 2.19. The van der Waals surface area contributed by atoms with E-state index >= 15 is 0 Å². The molecule has 0 atom stereocenters. The SMILES string of the molecule is C=CCn1c(=S)sc2c(=O)n(CCOc3cccc(Br)c3)cnc21. The Morgan fingerprint density at radius 2 is 2.29 bits per heavy atom. The predicted octanol–water partition coefficient (Wildman–Crippen LogP) is 4.02. The molecule has 0 bridgehead atoms. The summed E-state index contributed by atoms with van der Waals surface area (Å²) in [4.78, 5) is 17.0. The van der Waals surface area contributed by atoms with Crippen LogP contribution in [0.15, 0.2) is 52.5 Å². The van der Waals surface area contributed by atoms with Crippen molar-refractivity contribution < 1.29 is 4.74 Å². The van der Waals surface area contributed by atoms with E-state index in [1.807, 2.05) is 28.8 Å². The van der Waals surface area contributed by atoms with Crippen molar-refractivity contribution in [3.8, 4) is 5.75 Å². The standard InChI is InChI=1S/C16H14BrN3O2S2/c1-2-6-20-14-13(24-16(20)23)15(21)19(10-18-14)7-8-22-12-5-3-4-11(17)9-12/h2-5,9-10H,1,6-8H2. The van der Waals surface area contributed by atoms with Gasteiger partial charge in [-0.1, -0.05) is 39.4 Å². The van der Waals surface area contributed by atoms with E-state index in [4.69, 9.17) is 17.0 Å². The first kappa shape index (κ1) is 17.1. The highest BCUT2D eigenvalue weighted by atomic mass is 79.9. The minimum absolute atomic E-state index is 0.100. The van der Waals surface area contributed by atoms with Crippen molar-refractivity contribution in [2.24, 2.45) is 0 Å². The van der Waals surface area contributed by atoms with E-state index in [9.17, 15) is 4.79 Å². The smallest absolute Gasteiger partial charge is 0.273 e. The molecule has 1 aromatic carbocycles. The third kappa shape index (κ3) is 3.50. The number of aromatic nitrogens is 3. The molecule has 0 amide bonds. The first-order valence-corrected chi connectivity index (χ1v) is 9.20. The fourth-order valence-corrected chi connectivity index (χ4v) is 3.93. The Balaban J connectivity index is 1.80. The van der Waals surface area contributed by atoms with Crippen LogP contribution in [-0.2, 0) is 13.1 Å². The number of thiazole rings is 1. The average Bonchev–Trinajstić information content (AvgIpc) is 2.87. The Kier molecular flexibility index (Phi) is 5.27. The quantitative estimate of drug-likeness (QED) is 0.443. The van der Waals surface area contributed by atoms with Crippen molar-refractivity contribution in [2.75, 3.05) is 6.61 Å². The fraction of sp³-hybridized carbons (Fsp3) is 0.188. The van der Waals surface area contributed by atoms with E-state index in [2.05, 4.69) is 27.5 Å². The van der Waals surface area contributed by atoms with E-state index in [-0.39, 0.29) is 5.56 Å². The Labute approximate surface area is 156 Å². The maximum atomic E-state index is 12.6. The second-order valence-electron chi connectivity index (χ2n) is 4.97. The lowest BCUT2D eigenvalue weighted by Crippen LogP contribution is -2.23. The van der Waals surface area contributed by atoms with Crippen LogP contribution in [0.4, 0.5) is 0 Å². The molecule has 3 rings (SSSR count). The number of benzene rings is 1. The summed E-state index contributed by atoms with van der Waals surface area (Å²) in [5, 5.41) is 0. The Hall–Kier alpha value is -1.77. The van der Waals surface area contributed by atoms with Gasteiger partial charge in [0.2, 0.25) is 0 Å². The molecule has 0 aliphatic heterocycles. The zero-order chi connectivity index (χ0) is 17.1. The molecular formula is C16H14BrN3O2S2. The summed E-state index contributed by atoms with van der Waals surface area (Å²) in [6.07, 6.45) is 3.27. The Bertz CT molecular complexity index is 1010. The maximum absolute atomic E-state index is 12.6. The van der Waals surface area contributed by atoms with E-state index in [1.165, 1.54) is 17.7 Å². The van der Waals surface area contributed by atoms with Gasteiger partial charge in [-0.3, -0.25) is 9.36 Å². The molecule has 5 nitrogen and oxygen atoms in total. The first-order valence-electron chi connectivity index (χ1n) is 7.18. The molecule has 0 spiro atoms. The van der Waals surface area contributed by atoms with Crippen molar-refractivity contribution >= 4 is 49.8 Å². The molecule has 2 heterocycles. The second kappa shape index (κ2) is 7.42. The molecule has 0 radical (unpaired) electrons. The fourth-order valence-electron chi connectivity index (χ4n) is 2.24. The van der Waals surface area contributed by atoms with Crippen LogP contribution in [0.2, 0.25) is 0 Å². The van der Waals surface area contributed by atoms with Gasteiger partial charge < -0.3 is 9.30 Å². The lowest BCUT2D eigenvalue weighted by molar-refractivity contribution is 0.296. The average molecular weight is 424 g/mol. The molecule has 0 N–H and O–H groups in total. The molecule has 0 saturated carbocycles. The van der Waals surface area contributed by atoms with E-state index in [1.54, 1.807) is 10.6 Å². The van der Waals surface area contributed by atoms with E-state index in [0.717, 1.165) is 10.2 Å². The molecule has 0 saturated heterocycles. The highest BCUT2D eigenvalue weighted by molar-refractivity contribution is 9.10. The number of fused-ring (bicyclic) bond motifs is 1. The molecule has 3 aromatic rings. The zero-order valence-electron chi connectivity index (χ0n) is 12.6. The number of halogens is 1. The van der Waals surface area contributed by atoms with Gasteiger partial charge in [-0.05, 0) is 30.4 Å². The summed E-state index contributed by atoms with van der Waals surface area (Å²) in [6, 6.07) is 7.58. The second-order valence-corrected chi connectivity index (χ2v) is 7.53. The Morgan fingerprint density at radius 1 is 1.46 bits per heavy atom. The van der Waals surface area contributed by atoms with Crippen molar-refractivity contribution in [1.82, 2.24) is 14.1 Å². The van der Waals surface area contributed by atoms with Gasteiger partial charge in [-0.2, -0.15) is 0 Å². The van der Waals surface area contributed by atoms with Crippen LogP contribution < -0.4 is 10.3 Å². The van der Waals surface area contributed by atoms with Crippen molar-refractivity contribution in [2.45, 2.75) is 13.1 Å². The van der Waals surface area contributed by atoms with Gasteiger partial charge >= 0.3 is 0 Å². The number of nitrogens with zero attached hydrogens (tertiary/aromatic N) is 3. The van der Waals surface area contributed by atoms with Crippen LogP contribution >= 0.6 is 39.5 Å². The predicted molar refractivity (Wildman–Crippen MR) is 103 cm³/mol. The Morgan fingerprint density at radius 3 is 3.04 bits per heavy atom. The maximum Gasteiger partial charge on any atom is 0.273 e. The number of rotatable bonds is 6. The minimum Gasteiger partial charge on any atom is -0.492 e. The molecule has 124 valence electrons. The number of allylic oxidation sites excluding steroid dienone is 1. The molecule has 0 unspecified atom stereocenters. The highest BCUT2D eigenvalue weighted by Gasteiger charge is 2.11. The summed E-state index contributed by atoms with van der Waals surface area (Å²) >= 11 is 9.98. The third-order valence-corrected chi connectivity index (χ3v) is 5.27. The van der Waals surface area contributed by atoms with Crippen LogP contribution in [0, 0.1) is 3.95 Å². The van der Waals surface area contributed by atoms with E-state index in [0.29, 0.717) is 34.0 Å². The molecule has 2 aromatic heterocycles. The molecular weight excluding hydrogens is 410 g/mol. The van der Waals surface area contributed by atoms with Gasteiger partial charge in [0.25, 0.3) is 5.56 Å². The lowest BCUT2D eigenvalue weighted by atomic mass is 10.3. The number of hydrogen-bond acceptors (Lipinski definition) is 5. The largest absolute Gasteiger partial charge is 0.492 e. The monoisotopic (exact) mass is 423 g/mol. The van der Waals surface area contributed by atoms with Gasteiger partial charge in [-0.15, -0.1) is 6.58 Å². The third-order valence-electron chi connectivity index (χ3n) is 3.35. The summed E-state index contributed by atoms with van der Waals surface area (Å²) in [7, 11) is 0. The van der Waals surface area contributed by atoms with E-state index < -0.39 is 0 Å². The van der Waals surface area contributed by atoms with Crippen molar-refractivity contribution in [1.29, 1.82) is 0 Å². The summed E-state index contributed by atoms with van der Waals surface area (Å²) in [6.45, 7) is 5.04. The number of ether oxygens (including phenoxy) is 1. The van der Waals surface area contributed by atoms with Crippen molar-refractivity contribution in [3.63, 3.8) is 0 Å². The molecule has 24 heavy (non-hydrogen) atoms. The van der Waals surface area contributed by atoms with Gasteiger partial charge in [0.15, 0.2) is 9.60 Å². The first-order chi connectivity index (χ1) is 11.6. The van der Waals surface area contributed by atoms with Crippen LogP contribution in [0.1, 0.15) is 0 Å². The van der Waals surface area contributed by atoms with Crippen LogP contribution in [0.25, 0.3) is 10.3 Å². The number of hydrogen-bond donors (Lipinski definition) is 0. The molecule has 0 aliphatic rings. The topological polar surface area (TPSA) is 49.0 Å². The van der Waals surface area contributed by atoms with Crippen LogP contribution in [0.3, 0.4) is 0 Å². The van der Waals surface area contributed by atoms with Crippen LogP contribution in [-0.4, -0.2) is 20.7 Å². The van der Waals surface area contributed by atoms with Gasteiger partial charge in [0.05, 0.1) is 6.54 Å². The summed E-state index contributed by atoms with van der Waals surface area (Å²) < 4.78 is 11.2. The van der Waals surface area contributed by atoms with Crippen LogP contribution in [0.5, 0.6) is 5.75 Å². The van der Waals surface area contributed by atoms with Gasteiger partial charge in [0, 0.05) is 11.0 Å². The lowest BCUT2D eigenvalue weighted by Gasteiger charge is -2.08.